The van der Waals surface area contributed by atoms with Gasteiger partial charge in [-0.2, -0.15) is 5.26 Å². The molecule has 0 radical (unpaired) electrons. The summed E-state index contributed by atoms with van der Waals surface area (Å²) in [4.78, 5) is 26.0. The molecule has 3 amide bonds. The number of hydrogen-bond acceptors (Lipinski definition) is 4. The summed E-state index contributed by atoms with van der Waals surface area (Å²) in [5.41, 5.74) is 0.363. The lowest BCUT2D eigenvalue weighted by atomic mass is 9.90. The molecule has 0 aromatic heterocycles. The first-order chi connectivity index (χ1) is 10.2. The number of nitrogens with zero attached hydrogens (tertiary/aromatic N) is 2. The summed E-state index contributed by atoms with van der Waals surface area (Å²) in [6, 6.07) is 8.73. The van der Waals surface area contributed by atoms with Crippen LogP contribution in [0.5, 0.6) is 0 Å². The van der Waals surface area contributed by atoms with Crippen LogP contribution in [0.25, 0.3) is 0 Å². The molecule has 2 saturated heterocycles. The number of urea groups is 1. The zero-order valence-electron chi connectivity index (χ0n) is 11.6. The summed E-state index contributed by atoms with van der Waals surface area (Å²) >= 11 is 0. The van der Waals surface area contributed by atoms with Gasteiger partial charge in [0.25, 0.3) is 5.91 Å². The fraction of sp³-hybridized carbons (Fsp3) is 0.400. The standard InChI is InChI=1S/C15H16N4O2/c16-8-11-4-1-2-5-12(11)9-19-13(20)15(18-14(19)21)6-3-7-17-10-15/h1-2,4-5,17H,3,6-7,9-10H2,(H,18,21). The molecule has 6 nitrogen and oxygen atoms in total. The van der Waals surface area contributed by atoms with E-state index in [1.165, 1.54) is 4.90 Å². The summed E-state index contributed by atoms with van der Waals surface area (Å²) < 4.78 is 0. The van der Waals surface area contributed by atoms with Gasteiger partial charge in [0.2, 0.25) is 0 Å². The maximum Gasteiger partial charge on any atom is 0.325 e. The van der Waals surface area contributed by atoms with Crippen LogP contribution in [0.3, 0.4) is 0 Å². The number of piperidine rings is 1. The zero-order valence-corrected chi connectivity index (χ0v) is 11.6. The van der Waals surface area contributed by atoms with E-state index in [0.29, 0.717) is 24.1 Å². The highest BCUT2D eigenvalue weighted by Gasteiger charge is 2.51. The van der Waals surface area contributed by atoms with Gasteiger partial charge in [0.05, 0.1) is 18.2 Å². The maximum atomic E-state index is 12.6. The minimum atomic E-state index is -0.809. The molecule has 0 aliphatic carbocycles. The highest BCUT2D eigenvalue weighted by atomic mass is 16.2. The number of amides is 3. The highest BCUT2D eigenvalue weighted by Crippen LogP contribution is 2.26. The average molecular weight is 284 g/mol. The Kier molecular flexibility index (Phi) is 3.35. The van der Waals surface area contributed by atoms with Crippen molar-refractivity contribution in [1.82, 2.24) is 15.5 Å². The molecule has 21 heavy (non-hydrogen) atoms. The minimum absolute atomic E-state index is 0.135. The SMILES string of the molecule is N#Cc1ccccc1CN1C(=O)NC2(CCCNC2)C1=O. The number of benzene rings is 1. The van der Waals surface area contributed by atoms with Crippen molar-refractivity contribution in [2.75, 3.05) is 13.1 Å². The van der Waals surface area contributed by atoms with Gasteiger partial charge in [-0.3, -0.25) is 9.69 Å². The third-order valence-corrected chi connectivity index (χ3v) is 4.10. The quantitative estimate of drug-likeness (QED) is 0.784. The van der Waals surface area contributed by atoms with E-state index in [2.05, 4.69) is 16.7 Å². The van der Waals surface area contributed by atoms with Crippen LogP contribution in [0, 0.1) is 11.3 Å². The molecule has 3 rings (SSSR count). The Balaban J connectivity index is 1.85. The summed E-state index contributed by atoms with van der Waals surface area (Å²) in [7, 11) is 0. The van der Waals surface area contributed by atoms with Crippen LogP contribution < -0.4 is 10.6 Å². The third-order valence-electron chi connectivity index (χ3n) is 4.10. The van der Waals surface area contributed by atoms with Gasteiger partial charge in [-0.25, -0.2) is 4.79 Å². The molecule has 0 saturated carbocycles. The lowest BCUT2D eigenvalue weighted by molar-refractivity contribution is -0.132. The third kappa shape index (κ3) is 2.26. The van der Waals surface area contributed by atoms with Crippen LogP contribution >= 0.6 is 0 Å². The molecule has 2 heterocycles. The molecule has 1 unspecified atom stereocenters. The number of carbonyl (C=O) groups is 2. The Morgan fingerprint density at radius 3 is 2.86 bits per heavy atom. The van der Waals surface area contributed by atoms with E-state index in [1.54, 1.807) is 24.3 Å². The molecule has 108 valence electrons. The highest BCUT2D eigenvalue weighted by molar-refractivity contribution is 6.07. The fourth-order valence-corrected chi connectivity index (χ4v) is 2.95. The summed E-state index contributed by atoms with van der Waals surface area (Å²) in [5.74, 6) is -0.201. The van der Waals surface area contributed by atoms with Crippen molar-refractivity contribution in [2.24, 2.45) is 0 Å². The first-order valence-corrected chi connectivity index (χ1v) is 6.99. The molecule has 2 aliphatic rings. The smallest absolute Gasteiger partial charge is 0.322 e. The van der Waals surface area contributed by atoms with Crippen molar-refractivity contribution in [3.63, 3.8) is 0 Å². The molecule has 1 aromatic carbocycles. The Bertz CT molecular complexity index is 629. The van der Waals surface area contributed by atoms with E-state index in [4.69, 9.17) is 5.26 Å². The number of rotatable bonds is 2. The van der Waals surface area contributed by atoms with Gasteiger partial charge in [-0.05, 0) is 31.0 Å². The second-order valence-corrected chi connectivity index (χ2v) is 5.45. The van der Waals surface area contributed by atoms with E-state index in [1.807, 2.05) is 0 Å². The van der Waals surface area contributed by atoms with Crippen molar-refractivity contribution in [3.05, 3.63) is 35.4 Å². The topological polar surface area (TPSA) is 85.2 Å². The van der Waals surface area contributed by atoms with Gasteiger partial charge < -0.3 is 10.6 Å². The number of carbonyl (C=O) groups excluding carboxylic acids is 2. The molecule has 0 bridgehead atoms. The van der Waals surface area contributed by atoms with Gasteiger partial charge >= 0.3 is 6.03 Å². The molecular formula is C15H16N4O2. The maximum absolute atomic E-state index is 12.6. The van der Waals surface area contributed by atoms with Crippen molar-refractivity contribution in [2.45, 2.75) is 24.9 Å². The summed E-state index contributed by atoms with van der Waals surface area (Å²) in [6.45, 7) is 1.46. The summed E-state index contributed by atoms with van der Waals surface area (Å²) in [5, 5.41) is 15.1. The van der Waals surface area contributed by atoms with Gasteiger partial charge in [0, 0.05) is 6.54 Å². The molecule has 2 aliphatic heterocycles. The molecule has 2 fully saturated rings. The van der Waals surface area contributed by atoms with Crippen molar-refractivity contribution >= 4 is 11.9 Å². The Hall–Kier alpha value is -2.39. The van der Waals surface area contributed by atoms with Crippen molar-refractivity contribution in [1.29, 1.82) is 5.26 Å². The van der Waals surface area contributed by atoms with Crippen LogP contribution in [-0.4, -0.2) is 35.5 Å². The van der Waals surface area contributed by atoms with E-state index >= 15 is 0 Å². The van der Waals surface area contributed by atoms with E-state index in [0.717, 1.165) is 13.0 Å². The monoisotopic (exact) mass is 284 g/mol. The largest absolute Gasteiger partial charge is 0.325 e. The molecule has 1 spiro atoms. The Morgan fingerprint density at radius 2 is 2.14 bits per heavy atom. The van der Waals surface area contributed by atoms with E-state index < -0.39 is 5.54 Å². The number of nitriles is 1. The second-order valence-electron chi connectivity index (χ2n) is 5.45. The predicted octanol–water partition coefficient (Wildman–Crippen LogP) is 0.732. The molecular weight excluding hydrogens is 268 g/mol. The Morgan fingerprint density at radius 1 is 1.33 bits per heavy atom. The van der Waals surface area contributed by atoms with Crippen molar-refractivity contribution < 1.29 is 9.59 Å². The van der Waals surface area contributed by atoms with Crippen LogP contribution in [0.15, 0.2) is 24.3 Å². The van der Waals surface area contributed by atoms with Gasteiger partial charge in [-0.1, -0.05) is 18.2 Å². The van der Waals surface area contributed by atoms with E-state index in [-0.39, 0.29) is 18.5 Å². The number of hydrogen-bond donors (Lipinski definition) is 2. The van der Waals surface area contributed by atoms with Crippen LogP contribution in [-0.2, 0) is 11.3 Å². The van der Waals surface area contributed by atoms with Gasteiger partial charge in [-0.15, -0.1) is 0 Å². The van der Waals surface area contributed by atoms with Gasteiger partial charge in [0.15, 0.2) is 0 Å². The lowest BCUT2D eigenvalue weighted by Crippen LogP contribution is -2.57. The predicted molar refractivity (Wildman–Crippen MR) is 75.1 cm³/mol. The fourth-order valence-electron chi connectivity index (χ4n) is 2.95. The number of nitrogens with one attached hydrogen (secondary N) is 2. The molecule has 1 aromatic rings. The Labute approximate surface area is 122 Å². The normalized spacial score (nSPS) is 25.0. The molecule has 1 atom stereocenters. The summed E-state index contributed by atoms with van der Waals surface area (Å²) in [6.07, 6.45) is 1.51. The number of imide groups is 1. The lowest BCUT2D eigenvalue weighted by Gasteiger charge is -2.31. The first-order valence-electron chi connectivity index (χ1n) is 6.99. The van der Waals surface area contributed by atoms with E-state index in [9.17, 15) is 9.59 Å². The average Bonchev–Trinajstić information content (AvgIpc) is 2.73. The van der Waals surface area contributed by atoms with Crippen LogP contribution in [0.2, 0.25) is 0 Å². The van der Waals surface area contributed by atoms with Gasteiger partial charge in [0.1, 0.15) is 5.54 Å². The van der Waals surface area contributed by atoms with Crippen molar-refractivity contribution in [3.8, 4) is 6.07 Å². The molecule has 6 heteroatoms. The van der Waals surface area contributed by atoms with Crippen LogP contribution in [0.4, 0.5) is 4.79 Å². The second kappa shape index (κ2) is 5.19. The zero-order chi connectivity index (χ0) is 14.9. The minimum Gasteiger partial charge on any atom is -0.322 e. The first kappa shape index (κ1) is 13.6. The molecule has 2 N–H and O–H groups in total. The van der Waals surface area contributed by atoms with Crippen LogP contribution in [0.1, 0.15) is 24.0 Å².